The highest BCUT2D eigenvalue weighted by Gasteiger charge is 2.57. The molecular weight excluding hydrogens is 444 g/mol. The van der Waals surface area contributed by atoms with E-state index in [1.807, 2.05) is 0 Å². The SMILES string of the molecule is CC(C)[C@@H](C)C[C@H](O)[C@@H](C)C1CCC2C3=CC=C4C[C@@H](OC5CCCCO5)CC[C@]4(C)C3CC[C@@]21C. The smallest absolute Gasteiger partial charge is 0.157 e. The van der Waals surface area contributed by atoms with E-state index in [2.05, 4.69) is 53.7 Å². The number of ether oxygens (including phenoxy) is 2. The number of aliphatic hydroxyl groups excluding tert-OH is 1. The summed E-state index contributed by atoms with van der Waals surface area (Å²) in [7, 11) is 0. The largest absolute Gasteiger partial charge is 0.393 e. The first-order valence-electron chi connectivity index (χ1n) is 15.5. The Morgan fingerprint density at radius 3 is 2.50 bits per heavy atom. The molecule has 1 heterocycles. The Bertz CT molecular complexity index is 838. The van der Waals surface area contributed by atoms with Crippen molar-refractivity contribution in [1.82, 2.24) is 0 Å². The lowest BCUT2D eigenvalue weighted by molar-refractivity contribution is -0.193. The molecule has 3 saturated carbocycles. The second kappa shape index (κ2) is 10.5. The lowest BCUT2D eigenvalue weighted by Crippen LogP contribution is -2.47. The van der Waals surface area contributed by atoms with Gasteiger partial charge in [0.15, 0.2) is 6.29 Å². The van der Waals surface area contributed by atoms with Crippen molar-refractivity contribution in [2.24, 2.45) is 46.3 Å². The van der Waals surface area contributed by atoms with Crippen LogP contribution in [-0.2, 0) is 9.47 Å². The van der Waals surface area contributed by atoms with E-state index in [1.165, 1.54) is 51.4 Å². The molecule has 1 aliphatic heterocycles. The molecule has 5 aliphatic rings. The molecule has 4 fully saturated rings. The maximum Gasteiger partial charge on any atom is 0.157 e. The van der Waals surface area contributed by atoms with Gasteiger partial charge in [-0.3, -0.25) is 0 Å². The molecule has 36 heavy (non-hydrogen) atoms. The Morgan fingerprint density at radius 1 is 0.972 bits per heavy atom. The molecule has 4 unspecified atom stereocenters. The minimum absolute atomic E-state index is 0.0232. The Labute approximate surface area is 221 Å². The van der Waals surface area contributed by atoms with Crippen LogP contribution in [0.25, 0.3) is 0 Å². The highest BCUT2D eigenvalue weighted by Crippen LogP contribution is 2.66. The zero-order valence-electron chi connectivity index (χ0n) is 24.1. The molecule has 1 N–H and O–H groups in total. The van der Waals surface area contributed by atoms with Crippen molar-refractivity contribution in [2.45, 2.75) is 131 Å². The molecule has 3 nitrogen and oxygen atoms in total. The van der Waals surface area contributed by atoms with Crippen LogP contribution < -0.4 is 0 Å². The van der Waals surface area contributed by atoms with E-state index in [0.29, 0.717) is 52.4 Å². The van der Waals surface area contributed by atoms with Gasteiger partial charge in [-0.05, 0) is 117 Å². The summed E-state index contributed by atoms with van der Waals surface area (Å²) in [6.45, 7) is 15.3. The molecule has 0 radical (unpaired) electrons. The Hall–Kier alpha value is -0.640. The monoisotopic (exact) mass is 498 g/mol. The zero-order chi connectivity index (χ0) is 25.7. The molecule has 10 atom stereocenters. The number of aliphatic hydroxyl groups is 1. The Morgan fingerprint density at radius 2 is 1.78 bits per heavy atom. The second-order valence-electron chi connectivity index (χ2n) is 14.3. The highest BCUT2D eigenvalue weighted by molar-refractivity contribution is 5.39. The molecular formula is C33H54O3. The zero-order valence-corrected chi connectivity index (χ0v) is 24.1. The first kappa shape index (κ1) is 26.9. The topological polar surface area (TPSA) is 38.7 Å². The van der Waals surface area contributed by atoms with Crippen LogP contribution in [0.15, 0.2) is 23.3 Å². The Kier molecular flexibility index (Phi) is 7.86. The van der Waals surface area contributed by atoms with Gasteiger partial charge < -0.3 is 14.6 Å². The molecule has 3 heteroatoms. The molecule has 0 aromatic rings. The minimum atomic E-state index is -0.173. The van der Waals surface area contributed by atoms with Gasteiger partial charge in [0.05, 0.1) is 12.2 Å². The number of fused-ring (bicyclic) bond motifs is 5. The van der Waals surface area contributed by atoms with Crippen molar-refractivity contribution < 1.29 is 14.6 Å². The fraction of sp³-hybridized carbons (Fsp3) is 0.879. The summed E-state index contributed by atoms with van der Waals surface area (Å²) in [5, 5.41) is 11.2. The minimum Gasteiger partial charge on any atom is -0.393 e. The van der Waals surface area contributed by atoms with Crippen LogP contribution in [0.1, 0.15) is 112 Å². The van der Waals surface area contributed by atoms with E-state index in [0.717, 1.165) is 25.9 Å². The van der Waals surface area contributed by atoms with Gasteiger partial charge >= 0.3 is 0 Å². The lowest BCUT2D eigenvalue weighted by atomic mass is 9.50. The van der Waals surface area contributed by atoms with Gasteiger partial charge in [-0.1, -0.05) is 64.8 Å². The number of rotatable bonds is 7. The third kappa shape index (κ3) is 4.79. The fourth-order valence-corrected chi connectivity index (χ4v) is 9.16. The quantitative estimate of drug-likeness (QED) is 0.385. The van der Waals surface area contributed by atoms with Crippen LogP contribution in [-0.4, -0.2) is 30.2 Å². The van der Waals surface area contributed by atoms with E-state index >= 15 is 0 Å². The standard InChI is InChI=1S/C33H54O3/c1-21(2)22(3)19-30(34)23(4)27-12-13-28-26-11-10-24-20-25(36-31-9-7-8-18-35-31)14-16-32(24,5)29(26)15-17-33(27,28)6/h10-11,21-23,25,27-31,34H,7-9,12-20H2,1-6H3/t22-,23-,25-,27?,28?,29?,30-,31?,32-,33+/m0/s1. The van der Waals surface area contributed by atoms with Crippen molar-refractivity contribution in [1.29, 1.82) is 0 Å². The molecule has 4 aliphatic carbocycles. The van der Waals surface area contributed by atoms with Crippen molar-refractivity contribution in [2.75, 3.05) is 6.61 Å². The van der Waals surface area contributed by atoms with Gasteiger partial charge in [0.25, 0.3) is 0 Å². The maximum atomic E-state index is 11.2. The summed E-state index contributed by atoms with van der Waals surface area (Å²) in [6.07, 6.45) is 18.4. The predicted octanol–water partition coefficient (Wildman–Crippen LogP) is 8.08. The summed E-state index contributed by atoms with van der Waals surface area (Å²) in [4.78, 5) is 0. The van der Waals surface area contributed by atoms with Crippen LogP contribution in [0, 0.1) is 46.3 Å². The van der Waals surface area contributed by atoms with Crippen LogP contribution >= 0.6 is 0 Å². The molecule has 1 saturated heterocycles. The van der Waals surface area contributed by atoms with E-state index < -0.39 is 0 Å². The molecule has 0 aromatic heterocycles. The van der Waals surface area contributed by atoms with Gasteiger partial charge in [0.1, 0.15) is 0 Å². The number of allylic oxidation sites excluding steroid dienone is 3. The van der Waals surface area contributed by atoms with E-state index in [-0.39, 0.29) is 12.4 Å². The summed E-state index contributed by atoms with van der Waals surface area (Å²) in [5.41, 5.74) is 4.02. The predicted molar refractivity (Wildman–Crippen MR) is 147 cm³/mol. The summed E-state index contributed by atoms with van der Waals surface area (Å²) in [6, 6.07) is 0. The molecule has 0 aromatic carbocycles. The van der Waals surface area contributed by atoms with Crippen LogP contribution in [0.5, 0.6) is 0 Å². The number of hydrogen-bond acceptors (Lipinski definition) is 3. The average molecular weight is 499 g/mol. The van der Waals surface area contributed by atoms with Gasteiger partial charge in [-0.15, -0.1) is 0 Å². The van der Waals surface area contributed by atoms with Crippen molar-refractivity contribution >= 4 is 0 Å². The first-order valence-corrected chi connectivity index (χ1v) is 15.5. The summed E-state index contributed by atoms with van der Waals surface area (Å²) in [5.74, 6) is 3.63. The third-order valence-corrected chi connectivity index (χ3v) is 12.1. The van der Waals surface area contributed by atoms with E-state index in [9.17, 15) is 5.11 Å². The first-order chi connectivity index (χ1) is 17.1. The highest BCUT2D eigenvalue weighted by atomic mass is 16.7. The molecule has 0 spiro atoms. The van der Waals surface area contributed by atoms with Crippen molar-refractivity contribution in [3.05, 3.63) is 23.3 Å². The van der Waals surface area contributed by atoms with Gasteiger partial charge in [-0.2, -0.15) is 0 Å². The van der Waals surface area contributed by atoms with Gasteiger partial charge in [0, 0.05) is 6.61 Å². The summed E-state index contributed by atoms with van der Waals surface area (Å²) >= 11 is 0. The lowest BCUT2D eigenvalue weighted by Gasteiger charge is -2.55. The molecule has 0 amide bonds. The van der Waals surface area contributed by atoms with Crippen molar-refractivity contribution in [3.8, 4) is 0 Å². The summed E-state index contributed by atoms with van der Waals surface area (Å²) < 4.78 is 12.3. The molecule has 204 valence electrons. The van der Waals surface area contributed by atoms with Gasteiger partial charge in [0.2, 0.25) is 0 Å². The Balaban J connectivity index is 1.29. The normalized spacial score (nSPS) is 43.1. The third-order valence-electron chi connectivity index (χ3n) is 12.1. The second-order valence-corrected chi connectivity index (χ2v) is 14.3. The van der Waals surface area contributed by atoms with Crippen LogP contribution in [0.2, 0.25) is 0 Å². The molecule has 5 rings (SSSR count). The van der Waals surface area contributed by atoms with Gasteiger partial charge in [-0.25, -0.2) is 0 Å². The maximum absolute atomic E-state index is 11.2. The van der Waals surface area contributed by atoms with Crippen LogP contribution in [0.3, 0.4) is 0 Å². The fourth-order valence-electron chi connectivity index (χ4n) is 9.16. The number of hydrogen-bond donors (Lipinski definition) is 1. The molecule has 0 bridgehead atoms. The van der Waals surface area contributed by atoms with Crippen LogP contribution in [0.4, 0.5) is 0 Å². The van der Waals surface area contributed by atoms with Crippen molar-refractivity contribution in [3.63, 3.8) is 0 Å². The van der Waals surface area contributed by atoms with E-state index in [4.69, 9.17) is 9.47 Å². The van der Waals surface area contributed by atoms with E-state index in [1.54, 1.807) is 11.1 Å². The average Bonchev–Trinajstić information content (AvgIpc) is 3.21.